The summed E-state index contributed by atoms with van der Waals surface area (Å²) in [5, 5.41) is 5.59. The van der Waals surface area contributed by atoms with Crippen LogP contribution in [0.5, 0.6) is 0 Å². The maximum Gasteiger partial charge on any atom is 0.338 e. The standard InChI is InChI=1S/C22H31FN4O3/c1-4-15(3)27-12-10-26(11-13-27)14-18-19(21(28)30-5-2)20(25-22(29)24-18)16-6-8-17(23)9-7-16/h6-9,15,20H,4-5,10-14H2,1-3H3,(H2,24,25,29)/t15-,20+/m1/s1. The summed E-state index contributed by atoms with van der Waals surface area (Å²) < 4.78 is 18.7. The third-order valence-corrected chi connectivity index (χ3v) is 5.86. The van der Waals surface area contributed by atoms with Crippen molar-refractivity contribution in [2.75, 3.05) is 39.3 Å². The predicted molar refractivity (Wildman–Crippen MR) is 112 cm³/mol. The molecule has 2 amide bonds. The molecule has 0 aromatic heterocycles. The lowest BCUT2D eigenvalue weighted by Crippen LogP contribution is -2.53. The van der Waals surface area contributed by atoms with Crippen LogP contribution in [0.4, 0.5) is 9.18 Å². The molecule has 1 aromatic carbocycles. The Morgan fingerprint density at radius 3 is 2.47 bits per heavy atom. The van der Waals surface area contributed by atoms with Gasteiger partial charge in [0.05, 0.1) is 18.2 Å². The van der Waals surface area contributed by atoms with Gasteiger partial charge in [-0.25, -0.2) is 14.0 Å². The number of halogens is 1. The van der Waals surface area contributed by atoms with Gasteiger partial charge in [0.2, 0.25) is 0 Å². The average Bonchev–Trinajstić information content (AvgIpc) is 2.74. The molecule has 0 unspecified atom stereocenters. The molecule has 8 heteroatoms. The summed E-state index contributed by atoms with van der Waals surface area (Å²) in [7, 11) is 0. The number of rotatable bonds is 7. The second kappa shape index (κ2) is 10.0. The van der Waals surface area contributed by atoms with Gasteiger partial charge in [0.1, 0.15) is 5.82 Å². The van der Waals surface area contributed by atoms with Crippen molar-refractivity contribution in [1.29, 1.82) is 0 Å². The fourth-order valence-electron chi connectivity index (χ4n) is 3.94. The number of benzene rings is 1. The Morgan fingerprint density at radius 1 is 1.20 bits per heavy atom. The van der Waals surface area contributed by atoms with E-state index in [1.54, 1.807) is 19.1 Å². The molecular formula is C22H31FN4O3. The first kappa shape index (κ1) is 22.2. The molecule has 0 bridgehead atoms. The van der Waals surface area contributed by atoms with Gasteiger partial charge in [-0.05, 0) is 38.0 Å². The van der Waals surface area contributed by atoms with Crippen LogP contribution in [-0.4, -0.2) is 67.2 Å². The lowest BCUT2D eigenvalue weighted by atomic mass is 9.95. The first-order chi connectivity index (χ1) is 14.4. The maximum absolute atomic E-state index is 13.4. The minimum Gasteiger partial charge on any atom is -0.463 e. The Morgan fingerprint density at radius 2 is 1.87 bits per heavy atom. The Hall–Kier alpha value is -2.45. The van der Waals surface area contributed by atoms with E-state index in [1.807, 2.05) is 0 Å². The molecule has 7 nitrogen and oxygen atoms in total. The number of hydrogen-bond acceptors (Lipinski definition) is 5. The molecule has 1 saturated heterocycles. The van der Waals surface area contributed by atoms with Gasteiger partial charge in [0, 0.05) is 44.5 Å². The molecule has 2 aliphatic heterocycles. The van der Waals surface area contributed by atoms with E-state index in [1.165, 1.54) is 12.1 Å². The van der Waals surface area contributed by atoms with Crippen molar-refractivity contribution < 1.29 is 18.7 Å². The molecule has 30 heavy (non-hydrogen) atoms. The van der Waals surface area contributed by atoms with E-state index in [4.69, 9.17) is 4.74 Å². The average molecular weight is 419 g/mol. The molecule has 0 spiro atoms. The Balaban J connectivity index is 1.85. The van der Waals surface area contributed by atoms with Gasteiger partial charge in [-0.3, -0.25) is 9.80 Å². The molecule has 2 heterocycles. The van der Waals surface area contributed by atoms with Crippen molar-refractivity contribution in [1.82, 2.24) is 20.4 Å². The van der Waals surface area contributed by atoms with Gasteiger partial charge < -0.3 is 15.4 Å². The number of hydrogen-bond donors (Lipinski definition) is 2. The van der Waals surface area contributed by atoms with E-state index >= 15 is 0 Å². The number of ether oxygens (including phenoxy) is 1. The largest absolute Gasteiger partial charge is 0.463 e. The van der Waals surface area contributed by atoms with Gasteiger partial charge in [0.15, 0.2) is 0 Å². The van der Waals surface area contributed by atoms with Crippen molar-refractivity contribution in [3.8, 4) is 0 Å². The zero-order valence-electron chi connectivity index (χ0n) is 17.9. The third kappa shape index (κ3) is 5.17. The van der Waals surface area contributed by atoms with E-state index in [2.05, 4.69) is 34.3 Å². The topological polar surface area (TPSA) is 73.9 Å². The molecule has 2 atom stereocenters. The lowest BCUT2D eigenvalue weighted by molar-refractivity contribution is -0.139. The molecule has 0 saturated carbocycles. The summed E-state index contributed by atoms with van der Waals surface area (Å²) in [5.41, 5.74) is 1.55. The van der Waals surface area contributed by atoms with Crippen molar-refractivity contribution >= 4 is 12.0 Å². The first-order valence-corrected chi connectivity index (χ1v) is 10.6. The monoisotopic (exact) mass is 418 g/mol. The first-order valence-electron chi connectivity index (χ1n) is 10.6. The highest BCUT2D eigenvalue weighted by molar-refractivity contribution is 5.95. The molecule has 3 rings (SSSR count). The molecule has 0 aliphatic carbocycles. The fraction of sp³-hybridized carbons (Fsp3) is 0.545. The minimum absolute atomic E-state index is 0.229. The van der Waals surface area contributed by atoms with Crippen LogP contribution in [0, 0.1) is 5.82 Å². The number of carbonyl (C=O) groups is 2. The molecular weight excluding hydrogens is 387 g/mol. The van der Waals surface area contributed by atoms with Crippen molar-refractivity contribution in [3.05, 3.63) is 46.9 Å². The molecule has 1 fully saturated rings. The fourth-order valence-corrected chi connectivity index (χ4v) is 3.94. The number of nitrogens with zero attached hydrogens (tertiary/aromatic N) is 2. The highest BCUT2D eigenvalue weighted by Crippen LogP contribution is 2.28. The number of amides is 2. The normalized spacial score (nSPS) is 21.7. The van der Waals surface area contributed by atoms with Crippen LogP contribution in [0.15, 0.2) is 35.5 Å². The zero-order valence-corrected chi connectivity index (χ0v) is 17.9. The van der Waals surface area contributed by atoms with Gasteiger partial charge in [0.25, 0.3) is 0 Å². The van der Waals surface area contributed by atoms with Crippen LogP contribution in [0.25, 0.3) is 0 Å². The lowest BCUT2D eigenvalue weighted by Gasteiger charge is -2.39. The van der Waals surface area contributed by atoms with E-state index < -0.39 is 12.0 Å². The van der Waals surface area contributed by atoms with Crippen LogP contribution in [-0.2, 0) is 9.53 Å². The molecule has 0 radical (unpaired) electrons. The summed E-state index contributed by atoms with van der Waals surface area (Å²) >= 11 is 0. The molecule has 2 N–H and O–H groups in total. The highest BCUT2D eigenvalue weighted by atomic mass is 19.1. The quantitative estimate of drug-likeness (QED) is 0.666. The van der Waals surface area contributed by atoms with E-state index in [0.29, 0.717) is 29.4 Å². The number of carbonyl (C=O) groups excluding carboxylic acids is 2. The Labute approximate surface area is 177 Å². The van der Waals surface area contributed by atoms with Crippen LogP contribution in [0.1, 0.15) is 38.8 Å². The van der Waals surface area contributed by atoms with Crippen molar-refractivity contribution in [2.24, 2.45) is 0 Å². The number of nitrogens with one attached hydrogen (secondary N) is 2. The van der Waals surface area contributed by atoms with Crippen LogP contribution < -0.4 is 10.6 Å². The van der Waals surface area contributed by atoms with E-state index in [9.17, 15) is 14.0 Å². The summed E-state index contributed by atoms with van der Waals surface area (Å²) in [5.74, 6) is -0.854. The van der Waals surface area contributed by atoms with Crippen LogP contribution in [0.2, 0.25) is 0 Å². The maximum atomic E-state index is 13.4. The second-order valence-electron chi connectivity index (χ2n) is 7.77. The number of piperazine rings is 1. The Bertz CT molecular complexity index is 788. The van der Waals surface area contributed by atoms with Gasteiger partial charge in [-0.2, -0.15) is 0 Å². The smallest absolute Gasteiger partial charge is 0.338 e. The molecule has 1 aromatic rings. The van der Waals surface area contributed by atoms with Crippen LogP contribution >= 0.6 is 0 Å². The number of esters is 1. The molecule has 164 valence electrons. The van der Waals surface area contributed by atoms with E-state index in [-0.39, 0.29) is 18.5 Å². The van der Waals surface area contributed by atoms with Gasteiger partial charge in [-0.1, -0.05) is 19.1 Å². The van der Waals surface area contributed by atoms with Gasteiger partial charge >= 0.3 is 12.0 Å². The summed E-state index contributed by atoms with van der Waals surface area (Å²) in [6.07, 6.45) is 1.11. The minimum atomic E-state index is -0.685. The van der Waals surface area contributed by atoms with Crippen molar-refractivity contribution in [3.63, 3.8) is 0 Å². The summed E-state index contributed by atoms with van der Waals surface area (Å²) in [6, 6.07) is 5.27. The highest BCUT2D eigenvalue weighted by Gasteiger charge is 2.34. The van der Waals surface area contributed by atoms with Gasteiger partial charge in [-0.15, -0.1) is 0 Å². The summed E-state index contributed by atoms with van der Waals surface area (Å²) in [6.45, 7) is 10.5. The Kier molecular flexibility index (Phi) is 7.44. The molecule has 2 aliphatic rings. The third-order valence-electron chi connectivity index (χ3n) is 5.86. The summed E-state index contributed by atoms with van der Waals surface area (Å²) in [4.78, 5) is 29.9. The van der Waals surface area contributed by atoms with E-state index in [0.717, 1.165) is 32.6 Å². The van der Waals surface area contributed by atoms with Crippen molar-refractivity contribution in [2.45, 2.75) is 39.3 Å². The zero-order chi connectivity index (χ0) is 21.7. The van der Waals surface area contributed by atoms with Crippen LogP contribution in [0.3, 0.4) is 0 Å². The predicted octanol–water partition coefficient (Wildman–Crippen LogP) is 2.41. The number of urea groups is 1. The SMILES string of the molecule is CCOC(=O)C1=C(CN2CCN([C@H](C)CC)CC2)NC(=O)N[C@H]1c1ccc(F)cc1. The second-order valence-corrected chi connectivity index (χ2v) is 7.77.